The molecule has 8 nitrogen and oxygen atoms in total. The standard InChI is InChI=1S/C22H25N7OS/c1-3-6-29(2)22-19(30-22)12-4-5-14-16(7-12)31-21-18(14)20(24-11-25-21)27-17-8-13-9-26-28-15(13)10-23-17/h8-12,19,22H,3-7H2,1-2H3,(H,26,28)(H,23,24,25,27). The number of aryl methyl sites for hydroxylation is 1. The molecule has 3 unspecified atom stereocenters. The third-order valence-corrected chi connectivity index (χ3v) is 7.59. The minimum absolute atomic E-state index is 0.293. The van der Waals surface area contributed by atoms with Crippen LogP contribution in [0.5, 0.6) is 0 Å². The first kappa shape index (κ1) is 19.1. The van der Waals surface area contributed by atoms with Gasteiger partial charge >= 0.3 is 0 Å². The van der Waals surface area contributed by atoms with Crippen LogP contribution in [0.2, 0.25) is 0 Å². The fourth-order valence-corrected chi connectivity index (χ4v) is 6.12. The number of pyridine rings is 1. The molecular formula is C22H25N7OS. The predicted molar refractivity (Wildman–Crippen MR) is 122 cm³/mol. The number of hydrogen-bond donors (Lipinski definition) is 2. The van der Waals surface area contributed by atoms with E-state index in [1.807, 2.05) is 6.07 Å². The Labute approximate surface area is 184 Å². The van der Waals surface area contributed by atoms with Gasteiger partial charge in [0.1, 0.15) is 35.1 Å². The summed E-state index contributed by atoms with van der Waals surface area (Å²) >= 11 is 1.80. The molecule has 31 heavy (non-hydrogen) atoms. The molecule has 5 heterocycles. The molecule has 2 N–H and O–H groups in total. The summed E-state index contributed by atoms with van der Waals surface area (Å²) in [6, 6.07) is 1.99. The predicted octanol–water partition coefficient (Wildman–Crippen LogP) is 3.88. The summed E-state index contributed by atoms with van der Waals surface area (Å²) < 4.78 is 6.07. The first-order valence-corrected chi connectivity index (χ1v) is 11.7. The molecule has 0 saturated carbocycles. The average molecular weight is 436 g/mol. The van der Waals surface area contributed by atoms with Crippen molar-refractivity contribution in [2.24, 2.45) is 5.92 Å². The van der Waals surface area contributed by atoms with Crippen LogP contribution in [-0.4, -0.2) is 56.0 Å². The normalized spacial score (nSPS) is 22.9. The minimum Gasteiger partial charge on any atom is -0.353 e. The lowest BCUT2D eigenvalue weighted by atomic mass is 9.85. The number of nitrogens with one attached hydrogen (secondary N) is 2. The highest BCUT2D eigenvalue weighted by Gasteiger charge is 2.48. The molecular weight excluding hydrogens is 410 g/mol. The molecule has 0 aromatic carbocycles. The average Bonchev–Trinajstić information content (AvgIpc) is 3.29. The SMILES string of the molecule is CCCN(C)C1OC1C1CCc2c(sc3ncnc(Nc4cc5cn[nH]c5cn4)c23)C1. The number of nitrogens with zero attached hydrogens (tertiary/aromatic N) is 5. The molecule has 0 amide bonds. The summed E-state index contributed by atoms with van der Waals surface area (Å²) in [6.45, 7) is 3.30. The number of anilines is 2. The zero-order valence-corrected chi connectivity index (χ0v) is 18.4. The van der Waals surface area contributed by atoms with E-state index in [9.17, 15) is 0 Å². The third-order valence-electron chi connectivity index (χ3n) is 6.43. The molecule has 0 bridgehead atoms. The highest BCUT2D eigenvalue weighted by atomic mass is 32.1. The van der Waals surface area contributed by atoms with E-state index in [0.717, 1.165) is 65.0 Å². The zero-order valence-electron chi connectivity index (χ0n) is 17.6. The monoisotopic (exact) mass is 435 g/mol. The Hall–Kier alpha value is -2.62. The Kier molecular flexibility index (Phi) is 4.62. The van der Waals surface area contributed by atoms with Crippen molar-refractivity contribution in [1.82, 2.24) is 30.0 Å². The van der Waals surface area contributed by atoms with E-state index < -0.39 is 0 Å². The quantitative estimate of drug-likeness (QED) is 0.444. The van der Waals surface area contributed by atoms with E-state index in [2.05, 4.69) is 49.3 Å². The van der Waals surface area contributed by atoms with Crippen LogP contribution in [0.15, 0.2) is 24.8 Å². The van der Waals surface area contributed by atoms with Gasteiger partial charge < -0.3 is 10.1 Å². The van der Waals surface area contributed by atoms with Crippen molar-refractivity contribution >= 4 is 44.1 Å². The van der Waals surface area contributed by atoms with Crippen LogP contribution >= 0.6 is 11.3 Å². The van der Waals surface area contributed by atoms with Gasteiger partial charge in [0, 0.05) is 16.8 Å². The summed E-state index contributed by atoms with van der Waals surface area (Å²) in [5.41, 5.74) is 2.31. The lowest BCUT2D eigenvalue weighted by molar-refractivity contribution is 0.207. The molecule has 0 radical (unpaired) electrons. The number of likely N-dealkylation sites (N-methyl/N-ethyl adjacent to an activating group) is 1. The number of rotatable bonds is 6. The van der Waals surface area contributed by atoms with Crippen LogP contribution in [-0.2, 0) is 17.6 Å². The molecule has 4 aromatic heterocycles. The van der Waals surface area contributed by atoms with E-state index in [0.29, 0.717) is 18.2 Å². The number of H-pyrrole nitrogens is 1. The molecule has 4 aromatic rings. The Morgan fingerprint density at radius 2 is 2.23 bits per heavy atom. The van der Waals surface area contributed by atoms with Gasteiger partial charge in [0.2, 0.25) is 0 Å². The smallest absolute Gasteiger partial charge is 0.144 e. The maximum Gasteiger partial charge on any atom is 0.144 e. The highest BCUT2D eigenvalue weighted by molar-refractivity contribution is 7.19. The molecule has 2 aliphatic rings. The molecule has 6 rings (SSSR count). The van der Waals surface area contributed by atoms with Crippen molar-refractivity contribution in [1.29, 1.82) is 0 Å². The minimum atomic E-state index is 0.293. The lowest BCUT2D eigenvalue weighted by Gasteiger charge is -2.22. The van der Waals surface area contributed by atoms with Crippen LogP contribution in [0, 0.1) is 5.92 Å². The van der Waals surface area contributed by atoms with Gasteiger partial charge in [0.05, 0.1) is 23.3 Å². The second kappa shape index (κ2) is 7.51. The van der Waals surface area contributed by atoms with E-state index in [1.165, 1.54) is 10.4 Å². The summed E-state index contributed by atoms with van der Waals surface area (Å²) in [7, 11) is 2.17. The molecule has 1 fully saturated rings. The van der Waals surface area contributed by atoms with Crippen LogP contribution in [0.4, 0.5) is 11.6 Å². The van der Waals surface area contributed by atoms with Gasteiger partial charge in [-0.3, -0.25) is 10.00 Å². The number of ether oxygens (including phenoxy) is 1. The van der Waals surface area contributed by atoms with E-state index >= 15 is 0 Å². The number of thiophene rings is 1. The Bertz CT molecular complexity index is 1250. The van der Waals surface area contributed by atoms with Crippen LogP contribution in [0.25, 0.3) is 21.1 Å². The van der Waals surface area contributed by atoms with Crippen LogP contribution < -0.4 is 5.32 Å². The van der Waals surface area contributed by atoms with Gasteiger partial charge in [-0.15, -0.1) is 11.3 Å². The Balaban J connectivity index is 1.27. The fourth-order valence-electron chi connectivity index (χ4n) is 4.84. The van der Waals surface area contributed by atoms with Gasteiger partial charge in [-0.1, -0.05) is 6.92 Å². The van der Waals surface area contributed by atoms with Crippen molar-refractivity contribution in [2.75, 3.05) is 18.9 Å². The molecule has 1 aliphatic heterocycles. The molecule has 1 saturated heterocycles. The Morgan fingerprint density at radius 3 is 3.13 bits per heavy atom. The first-order chi connectivity index (χ1) is 15.2. The second-order valence-corrected chi connectivity index (χ2v) is 9.62. The number of aromatic nitrogens is 5. The lowest BCUT2D eigenvalue weighted by Crippen LogP contribution is -2.28. The number of aromatic amines is 1. The molecule has 9 heteroatoms. The maximum atomic E-state index is 6.07. The van der Waals surface area contributed by atoms with Gasteiger partial charge in [0.15, 0.2) is 0 Å². The fraction of sp³-hybridized carbons (Fsp3) is 0.455. The number of fused-ring (bicyclic) bond motifs is 4. The molecule has 1 aliphatic carbocycles. The van der Waals surface area contributed by atoms with Crippen molar-refractivity contribution in [3.63, 3.8) is 0 Å². The number of hydrogen-bond acceptors (Lipinski definition) is 8. The van der Waals surface area contributed by atoms with E-state index in [4.69, 9.17) is 4.74 Å². The van der Waals surface area contributed by atoms with Crippen molar-refractivity contribution in [3.05, 3.63) is 35.2 Å². The molecule has 160 valence electrons. The topological polar surface area (TPSA) is 95.1 Å². The summed E-state index contributed by atoms with van der Waals surface area (Å²) in [6.07, 6.45) is 10.3. The van der Waals surface area contributed by atoms with Gasteiger partial charge in [-0.25, -0.2) is 15.0 Å². The van der Waals surface area contributed by atoms with Crippen molar-refractivity contribution < 1.29 is 4.74 Å². The van der Waals surface area contributed by atoms with Gasteiger partial charge in [-0.2, -0.15) is 5.10 Å². The van der Waals surface area contributed by atoms with Crippen molar-refractivity contribution in [3.8, 4) is 0 Å². The van der Waals surface area contributed by atoms with E-state index in [-0.39, 0.29) is 0 Å². The molecule has 0 spiro atoms. The zero-order chi connectivity index (χ0) is 20.9. The maximum absolute atomic E-state index is 6.07. The summed E-state index contributed by atoms with van der Waals surface area (Å²) in [5, 5.41) is 12.6. The largest absolute Gasteiger partial charge is 0.353 e. The van der Waals surface area contributed by atoms with Crippen molar-refractivity contribution in [2.45, 2.75) is 44.9 Å². The first-order valence-electron chi connectivity index (χ1n) is 10.9. The second-order valence-electron chi connectivity index (χ2n) is 8.53. The van der Waals surface area contributed by atoms with Crippen LogP contribution in [0.1, 0.15) is 30.2 Å². The molecule has 3 atom stereocenters. The van der Waals surface area contributed by atoms with Gasteiger partial charge in [-0.05, 0) is 50.3 Å². The summed E-state index contributed by atoms with van der Waals surface area (Å²) in [5.74, 6) is 2.18. The third kappa shape index (κ3) is 3.37. The van der Waals surface area contributed by atoms with Crippen LogP contribution in [0.3, 0.4) is 0 Å². The Morgan fingerprint density at radius 1 is 1.29 bits per heavy atom. The van der Waals surface area contributed by atoms with E-state index in [1.54, 1.807) is 30.1 Å². The van der Waals surface area contributed by atoms with Gasteiger partial charge in [0.25, 0.3) is 0 Å². The summed E-state index contributed by atoms with van der Waals surface area (Å²) in [4.78, 5) is 18.5. The number of epoxide rings is 1. The highest BCUT2D eigenvalue weighted by Crippen LogP contribution is 2.44.